The second-order valence-electron chi connectivity index (χ2n) is 5.06. The van der Waals surface area contributed by atoms with Crippen LogP contribution < -0.4 is 14.8 Å². The van der Waals surface area contributed by atoms with Gasteiger partial charge in [-0.05, 0) is 30.0 Å². The summed E-state index contributed by atoms with van der Waals surface area (Å²) in [4.78, 5) is 0. The summed E-state index contributed by atoms with van der Waals surface area (Å²) in [5.41, 5.74) is 1.05. The van der Waals surface area contributed by atoms with Crippen molar-refractivity contribution in [2.45, 2.75) is 32.9 Å². The molecule has 0 aromatic heterocycles. The van der Waals surface area contributed by atoms with Crippen molar-refractivity contribution in [1.29, 1.82) is 0 Å². The van der Waals surface area contributed by atoms with Crippen molar-refractivity contribution in [2.24, 2.45) is 5.92 Å². The standard InChI is InChI=1S/C14H20ClNO3/c1-9(2)12(3-4-17)16-7-10-5-11(15)14-13(6-10)18-8-19-14/h5-6,9,12,16-17H,3-4,7-8H2,1-2H3. The van der Waals surface area contributed by atoms with E-state index < -0.39 is 0 Å². The first-order valence-electron chi connectivity index (χ1n) is 6.54. The maximum Gasteiger partial charge on any atom is 0.231 e. The highest BCUT2D eigenvalue weighted by atomic mass is 35.5. The molecule has 19 heavy (non-hydrogen) atoms. The molecule has 1 atom stereocenters. The lowest BCUT2D eigenvalue weighted by Crippen LogP contribution is -2.34. The van der Waals surface area contributed by atoms with Crippen LogP contribution in [0.2, 0.25) is 5.02 Å². The first-order chi connectivity index (χ1) is 9.11. The number of aliphatic hydroxyl groups excluding tert-OH is 1. The Hall–Kier alpha value is -0.970. The molecule has 0 saturated carbocycles. The van der Waals surface area contributed by atoms with Crippen LogP contribution in [0.25, 0.3) is 0 Å². The van der Waals surface area contributed by atoms with Crippen LogP contribution in [-0.4, -0.2) is 24.5 Å². The molecule has 0 bridgehead atoms. The molecule has 1 aromatic carbocycles. The van der Waals surface area contributed by atoms with Crippen LogP contribution in [0.5, 0.6) is 11.5 Å². The molecule has 0 amide bonds. The number of aliphatic hydroxyl groups is 1. The third-order valence-electron chi connectivity index (χ3n) is 3.30. The minimum atomic E-state index is 0.192. The molecule has 106 valence electrons. The number of fused-ring (bicyclic) bond motifs is 1. The highest BCUT2D eigenvalue weighted by molar-refractivity contribution is 6.32. The van der Waals surface area contributed by atoms with Gasteiger partial charge in [-0.2, -0.15) is 0 Å². The smallest absolute Gasteiger partial charge is 0.231 e. The lowest BCUT2D eigenvalue weighted by Gasteiger charge is -2.21. The van der Waals surface area contributed by atoms with E-state index in [-0.39, 0.29) is 19.4 Å². The fraction of sp³-hybridized carbons (Fsp3) is 0.571. The van der Waals surface area contributed by atoms with Crippen molar-refractivity contribution in [3.63, 3.8) is 0 Å². The fourth-order valence-electron chi connectivity index (χ4n) is 2.18. The lowest BCUT2D eigenvalue weighted by atomic mass is 10.0. The summed E-state index contributed by atoms with van der Waals surface area (Å²) < 4.78 is 10.6. The average molecular weight is 286 g/mol. The Morgan fingerprint density at radius 3 is 2.84 bits per heavy atom. The molecular formula is C14H20ClNO3. The van der Waals surface area contributed by atoms with Gasteiger partial charge >= 0.3 is 0 Å². The number of ether oxygens (including phenoxy) is 2. The molecule has 5 heteroatoms. The summed E-state index contributed by atoms with van der Waals surface area (Å²) in [6.07, 6.45) is 0.746. The molecule has 1 aromatic rings. The van der Waals surface area contributed by atoms with Gasteiger partial charge in [0.05, 0.1) is 5.02 Å². The van der Waals surface area contributed by atoms with Crippen LogP contribution in [0, 0.1) is 5.92 Å². The number of halogens is 1. The predicted molar refractivity (Wildman–Crippen MR) is 74.7 cm³/mol. The average Bonchev–Trinajstić information content (AvgIpc) is 2.82. The minimum Gasteiger partial charge on any atom is -0.454 e. The van der Waals surface area contributed by atoms with Crippen molar-refractivity contribution in [1.82, 2.24) is 5.32 Å². The summed E-state index contributed by atoms with van der Waals surface area (Å²) >= 11 is 6.14. The van der Waals surface area contributed by atoms with E-state index in [1.807, 2.05) is 12.1 Å². The van der Waals surface area contributed by atoms with Gasteiger partial charge in [0.25, 0.3) is 0 Å². The third-order valence-corrected chi connectivity index (χ3v) is 3.58. The number of rotatable bonds is 6. The molecule has 1 aliphatic rings. The van der Waals surface area contributed by atoms with E-state index in [1.54, 1.807) is 0 Å². The highest BCUT2D eigenvalue weighted by Gasteiger charge is 2.19. The number of benzene rings is 1. The largest absolute Gasteiger partial charge is 0.454 e. The number of nitrogens with one attached hydrogen (secondary N) is 1. The van der Waals surface area contributed by atoms with Crippen molar-refractivity contribution >= 4 is 11.6 Å². The molecule has 0 spiro atoms. The first-order valence-corrected chi connectivity index (χ1v) is 6.92. The van der Waals surface area contributed by atoms with Crippen LogP contribution in [0.3, 0.4) is 0 Å². The molecule has 1 aliphatic heterocycles. The van der Waals surface area contributed by atoms with E-state index in [4.69, 9.17) is 26.2 Å². The molecule has 0 fully saturated rings. The summed E-state index contributed by atoms with van der Waals surface area (Å²) in [7, 11) is 0. The molecule has 2 rings (SSSR count). The molecule has 1 unspecified atom stereocenters. The highest BCUT2D eigenvalue weighted by Crippen LogP contribution is 2.39. The van der Waals surface area contributed by atoms with E-state index in [0.29, 0.717) is 29.0 Å². The second kappa shape index (κ2) is 6.46. The Bertz CT molecular complexity index is 437. The maximum atomic E-state index is 9.06. The Morgan fingerprint density at radius 1 is 1.37 bits per heavy atom. The van der Waals surface area contributed by atoms with E-state index >= 15 is 0 Å². The minimum absolute atomic E-state index is 0.192. The Kier molecular flexibility index (Phi) is 4.91. The fourth-order valence-corrected chi connectivity index (χ4v) is 2.47. The predicted octanol–water partition coefficient (Wildman–Crippen LogP) is 2.57. The van der Waals surface area contributed by atoms with Gasteiger partial charge in [-0.25, -0.2) is 0 Å². The molecule has 1 heterocycles. The van der Waals surface area contributed by atoms with Crippen molar-refractivity contribution in [2.75, 3.05) is 13.4 Å². The normalized spacial score (nSPS) is 15.0. The van der Waals surface area contributed by atoms with E-state index in [9.17, 15) is 0 Å². The monoisotopic (exact) mass is 285 g/mol. The Balaban J connectivity index is 2.01. The van der Waals surface area contributed by atoms with Crippen LogP contribution in [0.1, 0.15) is 25.8 Å². The van der Waals surface area contributed by atoms with E-state index in [1.165, 1.54) is 0 Å². The Labute approximate surface area is 118 Å². The summed E-state index contributed by atoms with van der Waals surface area (Å²) in [5, 5.41) is 13.1. The van der Waals surface area contributed by atoms with Gasteiger partial charge in [-0.1, -0.05) is 25.4 Å². The molecule has 0 radical (unpaired) electrons. The van der Waals surface area contributed by atoms with Gasteiger partial charge < -0.3 is 19.9 Å². The zero-order valence-corrected chi connectivity index (χ0v) is 12.0. The number of hydrogen-bond donors (Lipinski definition) is 2. The van der Waals surface area contributed by atoms with Crippen LogP contribution in [0.15, 0.2) is 12.1 Å². The quantitative estimate of drug-likeness (QED) is 0.843. The molecule has 4 nitrogen and oxygen atoms in total. The second-order valence-corrected chi connectivity index (χ2v) is 5.46. The topological polar surface area (TPSA) is 50.7 Å². The third kappa shape index (κ3) is 3.53. The lowest BCUT2D eigenvalue weighted by molar-refractivity contribution is 0.174. The molecule has 0 aliphatic carbocycles. The van der Waals surface area contributed by atoms with Crippen LogP contribution in [0.4, 0.5) is 0 Å². The van der Waals surface area contributed by atoms with Crippen molar-refractivity contribution in [3.05, 3.63) is 22.7 Å². The van der Waals surface area contributed by atoms with E-state index in [0.717, 1.165) is 12.0 Å². The first kappa shape index (κ1) is 14.4. The van der Waals surface area contributed by atoms with Crippen LogP contribution in [-0.2, 0) is 6.54 Å². The van der Waals surface area contributed by atoms with Crippen LogP contribution >= 0.6 is 11.6 Å². The summed E-state index contributed by atoms with van der Waals surface area (Å²) in [5.74, 6) is 1.80. The maximum absolute atomic E-state index is 9.06. The van der Waals surface area contributed by atoms with Crippen molar-refractivity contribution < 1.29 is 14.6 Å². The van der Waals surface area contributed by atoms with E-state index in [2.05, 4.69) is 19.2 Å². The van der Waals surface area contributed by atoms with Gasteiger partial charge in [0.2, 0.25) is 6.79 Å². The van der Waals surface area contributed by atoms with Gasteiger partial charge in [-0.3, -0.25) is 0 Å². The Morgan fingerprint density at radius 2 is 2.16 bits per heavy atom. The molecule has 2 N–H and O–H groups in total. The van der Waals surface area contributed by atoms with Gasteiger partial charge in [-0.15, -0.1) is 0 Å². The molecular weight excluding hydrogens is 266 g/mol. The molecule has 0 saturated heterocycles. The van der Waals surface area contributed by atoms with Gasteiger partial charge in [0.15, 0.2) is 11.5 Å². The van der Waals surface area contributed by atoms with Gasteiger partial charge in [0.1, 0.15) is 0 Å². The number of hydrogen-bond acceptors (Lipinski definition) is 4. The summed E-state index contributed by atoms with van der Waals surface area (Å²) in [6.45, 7) is 5.39. The zero-order chi connectivity index (χ0) is 13.8. The zero-order valence-electron chi connectivity index (χ0n) is 11.3. The SMILES string of the molecule is CC(C)C(CCO)NCc1cc(Cl)c2c(c1)OCO2. The van der Waals surface area contributed by atoms with Crippen molar-refractivity contribution in [3.8, 4) is 11.5 Å². The van der Waals surface area contributed by atoms with Gasteiger partial charge in [0, 0.05) is 19.2 Å². The summed E-state index contributed by atoms with van der Waals surface area (Å²) in [6, 6.07) is 4.12.